The summed E-state index contributed by atoms with van der Waals surface area (Å²) < 4.78 is 0. The first-order valence-corrected chi connectivity index (χ1v) is 10.7. The van der Waals surface area contributed by atoms with Crippen LogP contribution in [0.15, 0.2) is 60.7 Å². The van der Waals surface area contributed by atoms with Gasteiger partial charge in [-0.05, 0) is 22.7 Å². The summed E-state index contributed by atoms with van der Waals surface area (Å²) in [5.74, 6) is -0.184. The minimum Gasteiger partial charge on any atom is -0.281 e. The minimum atomic E-state index is -1.88. The summed E-state index contributed by atoms with van der Waals surface area (Å²) >= 11 is 5.85. The van der Waals surface area contributed by atoms with E-state index in [0.29, 0.717) is 0 Å². The molecule has 1 nitrogen and oxygen atoms in total. The number of hydrogen-bond donors (Lipinski definition) is 0. The van der Waals surface area contributed by atoms with E-state index in [1.807, 2.05) is 31.2 Å². The molecule has 0 spiro atoms. The Hall–Kier alpha value is -1.38. The third kappa shape index (κ3) is 3.45. The first-order chi connectivity index (χ1) is 9.94. The Balaban J connectivity index is 2.52. The average molecular weight is 317 g/mol. The Morgan fingerprint density at radius 2 is 1.43 bits per heavy atom. The largest absolute Gasteiger partial charge is 0.281 e. The molecular weight excluding hydrogens is 296 g/mol. The molecule has 21 heavy (non-hydrogen) atoms. The van der Waals surface area contributed by atoms with Crippen molar-refractivity contribution in [2.75, 3.05) is 0 Å². The van der Waals surface area contributed by atoms with Gasteiger partial charge in [-0.15, -0.1) is 0 Å². The highest BCUT2D eigenvalue weighted by Gasteiger charge is 2.40. The lowest BCUT2D eigenvalue weighted by Gasteiger charge is -2.36. The second kappa shape index (κ2) is 6.59. The van der Waals surface area contributed by atoms with Gasteiger partial charge in [0.25, 0.3) is 0 Å². The lowest BCUT2D eigenvalue weighted by molar-refractivity contribution is -0.114. The molecular formula is C18H21ClOSi. The molecule has 0 amide bonds. The maximum atomic E-state index is 11.8. The van der Waals surface area contributed by atoms with E-state index in [-0.39, 0.29) is 16.7 Å². The van der Waals surface area contributed by atoms with Crippen molar-refractivity contribution in [2.45, 2.75) is 25.6 Å². The van der Waals surface area contributed by atoms with Crippen LogP contribution in [0.2, 0.25) is 13.1 Å². The van der Waals surface area contributed by atoms with Gasteiger partial charge in [-0.3, -0.25) is 4.79 Å². The first kappa shape index (κ1) is 16.0. The zero-order valence-electron chi connectivity index (χ0n) is 12.7. The van der Waals surface area contributed by atoms with E-state index in [1.165, 1.54) is 10.8 Å². The normalized spacial score (nSPS) is 14.5. The molecule has 0 bridgehead atoms. The van der Waals surface area contributed by atoms with Crippen LogP contribution in [-0.4, -0.2) is 13.3 Å². The monoisotopic (exact) mass is 316 g/mol. The molecule has 2 aromatic carbocycles. The Kier molecular flexibility index (Phi) is 5.02. The minimum absolute atomic E-state index is 0.172. The van der Waals surface area contributed by atoms with Crippen molar-refractivity contribution in [3.05, 3.63) is 66.2 Å². The molecule has 3 heteroatoms. The van der Waals surface area contributed by atoms with Gasteiger partial charge < -0.3 is 0 Å². The van der Waals surface area contributed by atoms with Crippen LogP contribution in [0.5, 0.6) is 0 Å². The van der Waals surface area contributed by atoms with Crippen molar-refractivity contribution < 1.29 is 4.79 Å². The van der Waals surface area contributed by atoms with Crippen molar-refractivity contribution in [2.24, 2.45) is 5.92 Å². The van der Waals surface area contributed by atoms with Crippen molar-refractivity contribution >= 4 is 30.1 Å². The Labute approximate surface area is 133 Å². The summed E-state index contributed by atoms with van der Waals surface area (Å²) in [5.41, 5.74) is 1.38. The Morgan fingerprint density at radius 3 is 1.90 bits per heavy atom. The third-order valence-electron chi connectivity index (χ3n) is 4.31. The fourth-order valence-corrected chi connectivity index (χ4v) is 7.24. The van der Waals surface area contributed by atoms with Gasteiger partial charge in [-0.2, -0.15) is 0 Å². The maximum Gasteiger partial charge on any atom is 0.224 e. The predicted octanol–water partition coefficient (Wildman–Crippen LogP) is 4.33. The molecule has 0 fully saturated rings. The standard InChI is InChI=1S/C18H21ClOSi/c1-14(18(19)20)17(15-10-6-4-7-11-15)21(2,3)16-12-8-5-9-13-16/h4-14,17H,1-3H3/t14-,17+/m0/s1. The highest BCUT2D eigenvalue weighted by atomic mass is 35.5. The molecule has 0 aliphatic carbocycles. The number of carbonyl (C=O) groups excluding carboxylic acids is 1. The summed E-state index contributed by atoms with van der Waals surface area (Å²) in [6, 6.07) is 20.8. The number of halogens is 1. The van der Waals surface area contributed by atoms with Gasteiger partial charge in [0.15, 0.2) is 0 Å². The zero-order chi connectivity index (χ0) is 15.5. The average Bonchev–Trinajstić information content (AvgIpc) is 2.49. The fraction of sp³-hybridized carbons (Fsp3) is 0.278. The predicted molar refractivity (Wildman–Crippen MR) is 92.8 cm³/mol. The van der Waals surface area contributed by atoms with Crippen LogP contribution in [0.25, 0.3) is 0 Å². The van der Waals surface area contributed by atoms with Crippen molar-refractivity contribution in [3.63, 3.8) is 0 Å². The van der Waals surface area contributed by atoms with Crippen LogP contribution in [0.3, 0.4) is 0 Å². The van der Waals surface area contributed by atoms with Crippen LogP contribution >= 0.6 is 11.6 Å². The number of carbonyl (C=O) groups is 1. The van der Waals surface area contributed by atoms with Gasteiger partial charge in [0.2, 0.25) is 5.24 Å². The van der Waals surface area contributed by atoms with E-state index >= 15 is 0 Å². The van der Waals surface area contributed by atoms with Crippen LogP contribution in [0, 0.1) is 5.92 Å². The van der Waals surface area contributed by atoms with E-state index in [1.54, 1.807) is 0 Å². The van der Waals surface area contributed by atoms with Gasteiger partial charge in [0.05, 0.1) is 8.07 Å². The number of benzene rings is 2. The Bertz CT molecular complexity index is 595. The molecule has 0 N–H and O–H groups in total. The molecule has 0 aliphatic heterocycles. The molecule has 2 aromatic rings. The Morgan fingerprint density at radius 1 is 0.952 bits per heavy atom. The number of rotatable bonds is 5. The van der Waals surface area contributed by atoms with E-state index in [2.05, 4.69) is 49.5 Å². The molecule has 0 unspecified atom stereocenters. The van der Waals surface area contributed by atoms with Gasteiger partial charge in [0, 0.05) is 5.92 Å². The molecule has 0 heterocycles. The van der Waals surface area contributed by atoms with Crippen molar-refractivity contribution in [3.8, 4) is 0 Å². The van der Waals surface area contributed by atoms with Crippen LogP contribution in [0.1, 0.15) is 18.0 Å². The van der Waals surface area contributed by atoms with Gasteiger partial charge in [-0.1, -0.05) is 85.9 Å². The summed E-state index contributed by atoms with van der Waals surface area (Å²) in [4.78, 5) is 11.8. The third-order valence-corrected chi connectivity index (χ3v) is 8.87. The topological polar surface area (TPSA) is 17.1 Å². The summed E-state index contributed by atoms with van der Waals surface area (Å²) in [5, 5.41) is 1.10. The zero-order valence-corrected chi connectivity index (χ0v) is 14.5. The lowest BCUT2D eigenvalue weighted by atomic mass is 10.0. The van der Waals surface area contributed by atoms with E-state index < -0.39 is 8.07 Å². The highest BCUT2D eigenvalue weighted by Crippen LogP contribution is 2.35. The quantitative estimate of drug-likeness (QED) is 0.593. The summed E-state index contributed by atoms with van der Waals surface area (Å²) in [7, 11) is -1.88. The highest BCUT2D eigenvalue weighted by molar-refractivity contribution is 6.91. The van der Waals surface area contributed by atoms with Crippen LogP contribution in [0.4, 0.5) is 0 Å². The van der Waals surface area contributed by atoms with Crippen LogP contribution < -0.4 is 5.19 Å². The molecule has 2 atom stereocenters. The van der Waals surface area contributed by atoms with Gasteiger partial charge >= 0.3 is 0 Å². The molecule has 0 saturated heterocycles. The SMILES string of the molecule is C[C@H](C(=O)Cl)[C@H](c1ccccc1)[Si](C)(C)c1ccccc1. The molecule has 0 saturated carbocycles. The van der Waals surface area contributed by atoms with E-state index in [0.717, 1.165) is 0 Å². The number of hydrogen-bond acceptors (Lipinski definition) is 1. The van der Waals surface area contributed by atoms with E-state index in [4.69, 9.17) is 11.6 Å². The second-order valence-electron chi connectivity index (χ2n) is 6.07. The fourth-order valence-electron chi connectivity index (χ4n) is 3.17. The lowest BCUT2D eigenvalue weighted by Crippen LogP contribution is -2.50. The van der Waals surface area contributed by atoms with Crippen LogP contribution in [-0.2, 0) is 4.79 Å². The molecule has 110 valence electrons. The molecule has 2 rings (SSSR count). The van der Waals surface area contributed by atoms with Crippen molar-refractivity contribution in [1.29, 1.82) is 0 Å². The van der Waals surface area contributed by atoms with Gasteiger partial charge in [-0.25, -0.2) is 0 Å². The maximum absolute atomic E-state index is 11.8. The summed E-state index contributed by atoms with van der Waals surface area (Å²) in [6.45, 7) is 6.58. The van der Waals surface area contributed by atoms with Gasteiger partial charge in [0.1, 0.15) is 0 Å². The molecule has 0 aliphatic rings. The molecule has 0 aromatic heterocycles. The summed E-state index contributed by atoms with van der Waals surface area (Å²) in [6.07, 6.45) is 0. The first-order valence-electron chi connectivity index (χ1n) is 7.24. The van der Waals surface area contributed by atoms with E-state index in [9.17, 15) is 4.79 Å². The second-order valence-corrected chi connectivity index (χ2v) is 11.1. The smallest absolute Gasteiger partial charge is 0.224 e. The molecule has 0 radical (unpaired) electrons. The van der Waals surface area contributed by atoms with Crippen molar-refractivity contribution in [1.82, 2.24) is 0 Å².